The maximum Gasteiger partial charge on any atom is 0.429 e. The number of carbonyl (C=O) groups excluding carboxylic acids is 1. The van der Waals surface area contributed by atoms with Crippen molar-refractivity contribution in [3.05, 3.63) is 51.8 Å². The van der Waals surface area contributed by atoms with Gasteiger partial charge < -0.3 is 14.8 Å². The summed E-state index contributed by atoms with van der Waals surface area (Å²) in [6, 6.07) is 6.54. The number of alkyl halides is 3. The zero-order chi connectivity index (χ0) is 20.0. The van der Waals surface area contributed by atoms with Crippen LogP contribution in [0.3, 0.4) is 0 Å². The van der Waals surface area contributed by atoms with Gasteiger partial charge in [-0.2, -0.15) is 13.2 Å². The minimum Gasteiger partial charge on any atom is -0.462 e. The number of H-pyrrole nitrogens is 1. The van der Waals surface area contributed by atoms with Crippen LogP contribution in [0.4, 0.5) is 13.2 Å². The molecule has 0 aliphatic heterocycles. The number of esters is 1. The minimum absolute atomic E-state index is 0.0179. The Morgan fingerprint density at radius 1 is 1.30 bits per heavy atom. The van der Waals surface area contributed by atoms with Gasteiger partial charge in [0.1, 0.15) is 5.01 Å². The van der Waals surface area contributed by atoms with Gasteiger partial charge in [0.15, 0.2) is 0 Å². The second kappa shape index (κ2) is 6.65. The predicted molar refractivity (Wildman–Crippen MR) is 94.9 cm³/mol. The highest BCUT2D eigenvalue weighted by molar-refractivity contribution is 7.18. The van der Waals surface area contributed by atoms with Crippen molar-refractivity contribution in [2.24, 2.45) is 0 Å². The smallest absolute Gasteiger partial charge is 0.429 e. The highest BCUT2D eigenvalue weighted by atomic mass is 32.1. The maximum atomic E-state index is 14.1. The number of thiazole rings is 1. The molecule has 144 valence electrons. The number of aromatic amines is 1. The van der Waals surface area contributed by atoms with Crippen LogP contribution in [-0.4, -0.2) is 33.8 Å². The zero-order valence-corrected chi connectivity index (χ0v) is 15.6. The number of para-hydroxylation sites is 1. The second-order valence-electron chi connectivity index (χ2n) is 6.04. The molecule has 0 bridgehead atoms. The highest BCUT2D eigenvalue weighted by Crippen LogP contribution is 2.47. The Labute approximate surface area is 156 Å². The van der Waals surface area contributed by atoms with E-state index < -0.39 is 28.4 Å². The topological polar surface area (TPSA) is 75.2 Å². The molecule has 0 unspecified atom stereocenters. The van der Waals surface area contributed by atoms with Crippen molar-refractivity contribution >= 4 is 27.5 Å². The van der Waals surface area contributed by atoms with Gasteiger partial charge in [-0.3, -0.25) is 0 Å². The summed E-state index contributed by atoms with van der Waals surface area (Å²) in [5.74, 6) is -0.746. The van der Waals surface area contributed by atoms with Gasteiger partial charge in [-0.25, -0.2) is 9.78 Å². The number of ether oxygens (including phenoxy) is 1. The van der Waals surface area contributed by atoms with E-state index >= 15 is 0 Å². The predicted octanol–water partition coefficient (Wildman–Crippen LogP) is 4.22. The number of fused-ring (bicyclic) bond motifs is 1. The van der Waals surface area contributed by atoms with Gasteiger partial charge in [-0.05, 0) is 38.5 Å². The molecule has 1 atom stereocenters. The van der Waals surface area contributed by atoms with Crippen LogP contribution in [0.1, 0.15) is 39.2 Å². The molecule has 9 heteroatoms. The lowest BCUT2D eigenvalue weighted by Crippen LogP contribution is -2.44. The standard InChI is InChI=1S/C18H17F3N2O3S/c1-4-26-15(24)13-9(2)14(22-10(13)3)17(25,18(19,20)21)16-23-11-7-5-6-8-12(11)27-16/h5-8,22,25H,4H2,1-3H3/t17-/m1/s1. The Bertz CT molecular complexity index is 976. The van der Waals surface area contributed by atoms with Gasteiger partial charge in [-0.1, -0.05) is 12.1 Å². The summed E-state index contributed by atoms with van der Waals surface area (Å²) < 4.78 is 47.6. The molecule has 5 nitrogen and oxygen atoms in total. The lowest BCUT2D eigenvalue weighted by Gasteiger charge is -2.28. The average Bonchev–Trinajstić information content (AvgIpc) is 3.14. The van der Waals surface area contributed by atoms with Crippen molar-refractivity contribution in [3.63, 3.8) is 0 Å². The van der Waals surface area contributed by atoms with Crippen molar-refractivity contribution in [3.8, 4) is 0 Å². The highest BCUT2D eigenvalue weighted by Gasteiger charge is 2.60. The first kappa shape index (κ1) is 19.4. The summed E-state index contributed by atoms with van der Waals surface area (Å²) in [5, 5.41) is 10.3. The van der Waals surface area contributed by atoms with Crippen molar-refractivity contribution < 1.29 is 27.8 Å². The SMILES string of the molecule is CCOC(=O)c1c(C)[nH]c([C@@](O)(c2nc3ccccc3s2)C(F)(F)F)c1C. The normalized spacial score (nSPS) is 14.3. The van der Waals surface area contributed by atoms with E-state index in [4.69, 9.17) is 4.74 Å². The molecule has 0 amide bonds. The first-order chi connectivity index (χ1) is 12.6. The second-order valence-corrected chi connectivity index (χ2v) is 7.07. The summed E-state index contributed by atoms with van der Waals surface area (Å²) in [6.45, 7) is 4.48. The van der Waals surface area contributed by atoms with Crippen LogP contribution < -0.4 is 0 Å². The fourth-order valence-electron chi connectivity index (χ4n) is 3.02. The zero-order valence-electron chi connectivity index (χ0n) is 14.8. The lowest BCUT2D eigenvalue weighted by atomic mass is 9.95. The molecule has 2 aromatic heterocycles. The third kappa shape index (κ3) is 3.00. The minimum atomic E-state index is -5.06. The monoisotopic (exact) mass is 398 g/mol. The number of nitrogens with zero attached hydrogens (tertiary/aromatic N) is 1. The van der Waals surface area contributed by atoms with Crippen LogP contribution in [0.5, 0.6) is 0 Å². The van der Waals surface area contributed by atoms with Crippen molar-refractivity contribution in [1.82, 2.24) is 9.97 Å². The maximum absolute atomic E-state index is 14.1. The van der Waals surface area contributed by atoms with Gasteiger partial charge >= 0.3 is 12.1 Å². The third-order valence-corrected chi connectivity index (χ3v) is 5.44. The lowest BCUT2D eigenvalue weighted by molar-refractivity contribution is -0.249. The Morgan fingerprint density at radius 3 is 2.56 bits per heavy atom. The molecule has 27 heavy (non-hydrogen) atoms. The van der Waals surface area contributed by atoms with Gasteiger partial charge in [0.05, 0.1) is 28.1 Å². The van der Waals surface area contributed by atoms with E-state index in [1.54, 1.807) is 31.2 Å². The molecule has 0 aliphatic rings. The largest absolute Gasteiger partial charge is 0.462 e. The number of rotatable bonds is 4. The molecule has 0 saturated heterocycles. The van der Waals surface area contributed by atoms with Gasteiger partial charge in [0.2, 0.25) is 0 Å². The number of carbonyl (C=O) groups is 1. The summed E-state index contributed by atoms with van der Waals surface area (Å²) in [5.41, 5.74) is -3.41. The quantitative estimate of drug-likeness (QED) is 0.646. The van der Waals surface area contributed by atoms with E-state index in [0.717, 1.165) is 11.3 Å². The number of hydrogen-bond acceptors (Lipinski definition) is 5. The number of hydrogen-bond donors (Lipinski definition) is 2. The molecule has 1 aromatic carbocycles. The fourth-order valence-corrected chi connectivity index (χ4v) is 4.10. The molecule has 0 fully saturated rings. The Hall–Kier alpha value is -2.39. The molecule has 0 spiro atoms. The first-order valence-corrected chi connectivity index (χ1v) is 8.94. The number of nitrogens with one attached hydrogen (secondary N) is 1. The fraction of sp³-hybridized carbons (Fsp3) is 0.333. The molecule has 2 heterocycles. The summed E-state index contributed by atoms with van der Waals surface area (Å²) in [6.07, 6.45) is -5.06. The van der Waals surface area contributed by atoms with E-state index in [1.807, 2.05) is 0 Å². The van der Waals surface area contributed by atoms with Crippen molar-refractivity contribution in [1.29, 1.82) is 0 Å². The molecule has 3 rings (SSSR count). The Morgan fingerprint density at radius 2 is 1.96 bits per heavy atom. The van der Waals surface area contributed by atoms with E-state index in [-0.39, 0.29) is 23.4 Å². The van der Waals surface area contributed by atoms with E-state index in [2.05, 4.69) is 9.97 Å². The molecular formula is C18H17F3N2O3S. The van der Waals surface area contributed by atoms with Crippen molar-refractivity contribution in [2.75, 3.05) is 6.61 Å². The van der Waals surface area contributed by atoms with Crippen LogP contribution in [0.15, 0.2) is 24.3 Å². The number of halogens is 3. The van der Waals surface area contributed by atoms with E-state index in [0.29, 0.717) is 10.2 Å². The van der Waals surface area contributed by atoms with Gasteiger partial charge in [0.25, 0.3) is 5.60 Å². The molecule has 0 saturated carbocycles. The molecule has 3 aromatic rings. The molecule has 0 aliphatic carbocycles. The number of aliphatic hydroxyl groups is 1. The average molecular weight is 398 g/mol. The van der Waals surface area contributed by atoms with Gasteiger partial charge in [0, 0.05) is 5.69 Å². The molecular weight excluding hydrogens is 381 g/mol. The van der Waals surface area contributed by atoms with E-state index in [9.17, 15) is 23.1 Å². The van der Waals surface area contributed by atoms with Crippen LogP contribution in [0.25, 0.3) is 10.2 Å². The Balaban J connectivity index is 2.25. The van der Waals surface area contributed by atoms with E-state index in [1.165, 1.54) is 13.8 Å². The first-order valence-electron chi connectivity index (χ1n) is 8.13. The Kier molecular flexibility index (Phi) is 4.77. The summed E-state index contributed by atoms with van der Waals surface area (Å²) >= 11 is 0.751. The van der Waals surface area contributed by atoms with Crippen LogP contribution in [0, 0.1) is 13.8 Å². The number of aryl methyl sites for hydroxylation is 1. The van der Waals surface area contributed by atoms with Crippen molar-refractivity contribution in [2.45, 2.75) is 32.5 Å². The van der Waals surface area contributed by atoms with Crippen LogP contribution in [0.2, 0.25) is 0 Å². The summed E-state index contributed by atoms with van der Waals surface area (Å²) in [7, 11) is 0. The number of benzene rings is 1. The van der Waals surface area contributed by atoms with Crippen LogP contribution >= 0.6 is 11.3 Å². The molecule has 2 N–H and O–H groups in total. The van der Waals surface area contributed by atoms with Crippen LogP contribution in [-0.2, 0) is 10.3 Å². The molecule has 0 radical (unpaired) electrons. The van der Waals surface area contributed by atoms with Gasteiger partial charge in [-0.15, -0.1) is 11.3 Å². The third-order valence-electron chi connectivity index (χ3n) is 4.29. The number of aromatic nitrogens is 2. The summed E-state index contributed by atoms with van der Waals surface area (Å²) in [4.78, 5) is 18.7.